The van der Waals surface area contributed by atoms with E-state index >= 15 is 0 Å². The fraction of sp³-hybridized carbons (Fsp3) is 0.500. The summed E-state index contributed by atoms with van der Waals surface area (Å²) < 4.78 is 16.4. The first-order valence-corrected chi connectivity index (χ1v) is 10.7. The number of nitrogens with two attached hydrogens (primary N) is 1. The molecule has 0 amide bonds. The molecule has 2 aromatic heterocycles. The van der Waals surface area contributed by atoms with E-state index in [0.717, 1.165) is 12.9 Å². The summed E-state index contributed by atoms with van der Waals surface area (Å²) in [6.07, 6.45) is 10.4. The molecule has 4 rings (SSSR count). The number of nitrogens with zero attached hydrogens (tertiary/aromatic N) is 4. The van der Waals surface area contributed by atoms with Crippen LogP contribution < -0.4 is 5.73 Å². The van der Waals surface area contributed by atoms with Crippen LogP contribution in [0, 0.1) is 12.7 Å². The van der Waals surface area contributed by atoms with Gasteiger partial charge in [-0.3, -0.25) is 0 Å². The first kappa shape index (κ1) is 24.0. The third-order valence-electron chi connectivity index (χ3n) is 4.98. The number of aromatic nitrogens is 4. The van der Waals surface area contributed by atoms with Gasteiger partial charge in [0.1, 0.15) is 11.3 Å². The number of hydrogen-bond acceptors (Lipinski definition) is 5. The average molecular weight is 436 g/mol. The summed E-state index contributed by atoms with van der Waals surface area (Å²) in [6, 6.07) is 3.35. The average Bonchev–Trinajstić information content (AvgIpc) is 3.09. The molecule has 0 saturated heterocycles. The minimum atomic E-state index is -0.414. The molecule has 1 aliphatic rings. The van der Waals surface area contributed by atoms with E-state index in [-0.39, 0.29) is 12.0 Å². The Kier molecular flexibility index (Phi) is 8.99. The molecular weight excluding hydrogens is 405 g/mol. The van der Waals surface area contributed by atoms with Crippen molar-refractivity contribution in [3.05, 3.63) is 35.0 Å². The van der Waals surface area contributed by atoms with Crippen LogP contribution in [0.2, 0.25) is 5.02 Å². The third-order valence-corrected chi connectivity index (χ3v) is 5.25. The summed E-state index contributed by atoms with van der Waals surface area (Å²) in [5, 5.41) is 7.32. The van der Waals surface area contributed by atoms with Crippen LogP contribution in [-0.4, -0.2) is 31.7 Å². The Morgan fingerprint density at radius 3 is 2.17 bits per heavy atom. The van der Waals surface area contributed by atoms with Crippen LogP contribution in [0.15, 0.2) is 18.3 Å². The molecule has 1 aromatic carbocycles. The van der Waals surface area contributed by atoms with Gasteiger partial charge < -0.3 is 15.4 Å². The normalized spacial score (nSPS) is 13.5. The Morgan fingerprint density at radius 2 is 1.63 bits per heavy atom. The second kappa shape index (κ2) is 11.2. The molecule has 1 saturated carbocycles. The van der Waals surface area contributed by atoms with E-state index in [4.69, 9.17) is 22.4 Å². The molecule has 3 aromatic rings. The molecular formula is C22H31ClFN5O. The van der Waals surface area contributed by atoms with Crippen molar-refractivity contribution in [2.75, 3.05) is 12.8 Å². The lowest BCUT2D eigenvalue weighted by atomic mass is 10.0. The van der Waals surface area contributed by atoms with Crippen LogP contribution in [0.3, 0.4) is 0 Å². The molecule has 2 heterocycles. The second-order valence-electron chi connectivity index (χ2n) is 7.49. The van der Waals surface area contributed by atoms with E-state index in [1.165, 1.54) is 50.8 Å². The molecule has 0 unspecified atom stereocenters. The number of rotatable bonds is 2. The van der Waals surface area contributed by atoms with E-state index in [0.29, 0.717) is 27.3 Å². The smallest absolute Gasteiger partial charge is 0.220 e. The number of hydrogen-bond donors (Lipinski definition) is 2. The molecule has 1 fully saturated rings. The molecule has 0 atom stereocenters. The zero-order valence-electron chi connectivity index (χ0n) is 18.1. The number of halogens is 2. The maximum atomic E-state index is 14.4. The highest BCUT2D eigenvalue weighted by atomic mass is 35.5. The van der Waals surface area contributed by atoms with Crippen molar-refractivity contribution in [1.82, 2.24) is 19.5 Å². The first-order chi connectivity index (χ1) is 14.4. The Labute approximate surface area is 182 Å². The third kappa shape index (κ3) is 5.67. The zero-order valence-corrected chi connectivity index (χ0v) is 18.9. The summed E-state index contributed by atoms with van der Waals surface area (Å²) in [5.41, 5.74) is 7.60. The maximum Gasteiger partial charge on any atom is 0.220 e. The summed E-state index contributed by atoms with van der Waals surface area (Å²) in [4.78, 5) is 12.2. The quantitative estimate of drug-likeness (QED) is 0.538. The van der Waals surface area contributed by atoms with Gasteiger partial charge in [-0.05, 0) is 32.9 Å². The van der Waals surface area contributed by atoms with Gasteiger partial charge in [-0.25, -0.2) is 19.3 Å². The lowest BCUT2D eigenvalue weighted by molar-refractivity contribution is 0.399. The number of benzene rings is 1. The van der Waals surface area contributed by atoms with E-state index in [9.17, 15) is 4.39 Å². The van der Waals surface area contributed by atoms with Crippen LogP contribution in [-0.2, 0) is 0 Å². The molecule has 6 nitrogen and oxygen atoms in total. The molecule has 0 aliphatic heterocycles. The van der Waals surface area contributed by atoms with Crippen LogP contribution in [0.5, 0.6) is 0 Å². The number of aliphatic hydroxyl groups excluding tert-OH is 1. The fourth-order valence-corrected chi connectivity index (χ4v) is 3.90. The minimum Gasteiger partial charge on any atom is -0.400 e. The van der Waals surface area contributed by atoms with Gasteiger partial charge in [0.25, 0.3) is 0 Å². The van der Waals surface area contributed by atoms with Gasteiger partial charge in [0.05, 0.1) is 22.4 Å². The SMILES string of the molecule is C1CCCCC1.CO.Cc1nc2c(F)cc(-c3nc(N)ncc3Cl)cc2n1C(C)C. The van der Waals surface area contributed by atoms with E-state index in [1.807, 2.05) is 31.4 Å². The van der Waals surface area contributed by atoms with Crippen molar-refractivity contribution < 1.29 is 9.50 Å². The largest absolute Gasteiger partial charge is 0.400 e. The number of nitrogen functional groups attached to an aromatic ring is 1. The van der Waals surface area contributed by atoms with Crippen molar-refractivity contribution in [2.45, 2.75) is 65.3 Å². The van der Waals surface area contributed by atoms with Gasteiger partial charge in [0.2, 0.25) is 5.95 Å². The van der Waals surface area contributed by atoms with Crippen LogP contribution >= 0.6 is 11.6 Å². The highest BCUT2D eigenvalue weighted by molar-refractivity contribution is 6.33. The molecule has 0 bridgehead atoms. The standard InChI is InChI=1S/C15H15ClFN5.C6H12.CH4O/c1-7(2)22-8(3)20-14-11(17)4-9(5-12(14)22)13-10(16)6-19-15(18)21-13;1-2-4-6-5-3-1;1-2/h4-7H,1-3H3,(H2,18,19,21);1-6H2;2H,1H3. The van der Waals surface area contributed by atoms with Crippen molar-refractivity contribution in [3.8, 4) is 11.3 Å². The number of imidazole rings is 1. The molecule has 3 N–H and O–H groups in total. The summed E-state index contributed by atoms with van der Waals surface area (Å²) >= 11 is 6.12. The molecule has 8 heteroatoms. The molecule has 0 radical (unpaired) electrons. The van der Waals surface area contributed by atoms with Gasteiger partial charge in [-0.2, -0.15) is 0 Å². The van der Waals surface area contributed by atoms with Crippen molar-refractivity contribution in [1.29, 1.82) is 0 Å². The number of aryl methyl sites for hydroxylation is 1. The van der Waals surface area contributed by atoms with Gasteiger partial charge in [0.15, 0.2) is 5.82 Å². The van der Waals surface area contributed by atoms with E-state index < -0.39 is 5.82 Å². The Morgan fingerprint density at radius 1 is 1.07 bits per heavy atom. The Hall–Kier alpha value is -2.25. The highest BCUT2D eigenvalue weighted by Gasteiger charge is 2.17. The van der Waals surface area contributed by atoms with Crippen molar-refractivity contribution >= 4 is 28.6 Å². The van der Waals surface area contributed by atoms with E-state index in [1.54, 1.807) is 0 Å². The van der Waals surface area contributed by atoms with Crippen LogP contribution in [0.25, 0.3) is 22.3 Å². The first-order valence-electron chi connectivity index (χ1n) is 10.3. The predicted molar refractivity (Wildman–Crippen MR) is 121 cm³/mol. The van der Waals surface area contributed by atoms with Gasteiger partial charge >= 0.3 is 0 Å². The number of aliphatic hydroxyl groups is 1. The van der Waals surface area contributed by atoms with Crippen LogP contribution in [0.4, 0.5) is 10.3 Å². The molecule has 30 heavy (non-hydrogen) atoms. The van der Waals surface area contributed by atoms with Crippen LogP contribution in [0.1, 0.15) is 64.2 Å². The van der Waals surface area contributed by atoms with Crippen molar-refractivity contribution in [2.24, 2.45) is 0 Å². The predicted octanol–water partition coefficient (Wildman–Crippen LogP) is 5.71. The number of fused-ring (bicyclic) bond motifs is 1. The van der Waals surface area contributed by atoms with Gasteiger partial charge in [0, 0.05) is 18.7 Å². The molecule has 164 valence electrons. The lowest BCUT2D eigenvalue weighted by Gasteiger charge is -2.12. The van der Waals surface area contributed by atoms with Gasteiger partial charge in [-0.1, -0.05) is 50.1 Å². The monoisotopic (exact) mass is 435 g/mol. The van der Waals surface area contributed by atoms with Crippen molar-refractivity contribution in [3.63, 3.8) is 0 Å². The Bertz CT molecular complexity index is 958. The van der Waals surface area contributed by atoms with E-state index in [2.05, 4.69) is 15.0 Å². The molecule has 1 aliphatic carbocycles. The lowest BCUT2D eigenvalue weighted by Crippen LogP contribution is -2.03. The summed E-state index contributed by atoms with van der Waals surface area (Å²) in [7, 11) is 1.00. The molecule has 0 spiro atoms. The topological polar surface area (TPSA) is 89.8 Å². The zero-order chi connectivity index (χ0) is 22.3. The maximum absolute atomic E-state index is 14.4. The summed E-state index contributed by atoms with van der Waals surface area (Å²) in [6.45, 7) is 5.90. The fourth-order valence-electron chi connectivity index (χ4n) is 3.70. The highest BCUT2D eigenvalue weighted by Crippen LogP contribution is 2.31. The Balaban J connectivity index is 0.000000340. The number of anilines is 1. The minimum absolute atomic E-state index is 0.0912. The van der Waals surface area contributed by atoms with Gasteiger partial charge in [-0.15, -0.1) is 0 Å². The summed E-state index contributed by atoms with van der Waals surface area (Å²) in [5.74, 6) is 0.436. The second-order valence-corrected chi connectivity index (χ2v) is 7.90.